The van der Waals surface area contributed by atoms with Gasteiger partial charge in [0.05, 0.1) is 7.11 Å². The molecule has 1 heterocycles. The van der Waals surface area contributed by atoms with E-state index in [0.717, 1.165) is 17.9 Å². The van der Waals surface area contributed by atoms with Crippen molar-refractivity contribution in [1.82, 2.24) is 0 Å². The van der Waals surface area contributed by atoms with Gasteiger partial charge < -0.3 is 14.4 Å². The number of benzene rings is 2. The van der Waals surface area contributed by atoms with Gasteiger partial charge in [-0.15, -0.1) is 0 Å². The quantitative estimate of drug-likeness (QED) is 0.838. The van der Waals surface area contributed by atoms with Crippen molar-refractivity contribution in [2.24, 2.45) is 0 Å². The molecule has 1 aliphatic rings. The summed E-state index contributed by atoms with van der Waals surface area (Å²) in [4.78, 5) is 15.0. The van der Waals surface area contributed by atoms with Crippen molar-refractivity contribution in [3.63, 3.8) is 0 Å². The maximum absolute atomic E-state index is 13.1. The van der Waals surface area contributed by atoms with Crippen LogP contribution in [0.5, 0.6) is 11.5 Å². The van der Waals surface area contributed by atoms with Crippen molar-refractivity contribution in [2.45, 2.75) is 38.8 Å². The summed E-state index contributed by atoms with van der Waals surface area (Å²) in [6.45, 7) is 4.05. The van der Waals surface area contributed by atoms with Crippen LogP contribution in [-0.4, -0.2) is 25.2 Å². The van der Waals surface area contributed by atoms with E-state index < -0.39 is 6.10 Å². The highest BCUT2D eigenvalue weighted by atomic mass is 16.5. The molecule has 2 aromatic carbocycles. The number of carbonyl (C=O) groups excluding carboxylic acids is 1. The van der Waals surface area contributed by atoms with E-state index >= 15 is 0 Å². The molecule has 4 nitrogen and oxygen atoms in total. The van der Waals surface area contributed by atoms with Gasteiger partial charge in [-0.25, -0.2) is 0 Å². The molecule has 24 heavy (non-hydrogen) atoms. The van der Waals surface area contributed by atoms with E-state index in [9.17, 15) is 4.79 Å². The van der Waals surface area contributed by atoms with E-state index in [0.29, 0.717) is 12.2 Å². The van der Waals surface area contributed by atoms with E-state index in [-0.39, 0.29) is 11.9 Å². The number of para-hydroxylation sites is 1. The summed E-state index contributed by atoms with van der Waals surface area (Å²) in [6.07, 6.45) is 0.990. The Morgan fingerprint density at radius 1 is 1.21 bits per heavy atom. The lowest BCUT2D eigenvalue weighted by Gasteiger charge is -2.27. The second-order valence-electron chi connectivity index (χ2n) is 6.08. The van der Waals surface area contributed by atoms with Crippen molar-refractivity contribution in [2.75, 3.05) is 12.0 Å². The smallest absolute Gasteiger partial charge is 0.268 e. The van der Waals surface area contributed by atoms with Crippen LogP contribution < -0.4 is 14.4 Å². The van der Waals surface area contributed by atoms with E-state index in [1.54, 1.807) is 13.2 Å². The van der Waals surface area contributed by atoms with Crippen LogP contribution in [0.4, 0.5) is 5.69 Å². The van der Waals surface area contributed by atoms with Gasteiger partial charge in [0.25, 0.3) is 5.91 Å². The average Bonchev–Trinajstić information content (AvgIpc) is 2.95. The second-order valence-corrected chi connectivity index (χ2v) is 6.08. The molecule has 0 unspecified atom stereocenters. The molecule has 1 amide bonds. The third-order valence-electron chi connectivity index (χ3n) is 4.41. The van der Waals surface area contributed by atoms with Crippen LogP contribution in [0, 0.1) is 0 Å². The lowest BCUT2D eigenvalue weighted by Crippen LogP contribution is -2.44. The zero-order chi connectivity index (χ0) is 17.1. The first-order valence-electron chi connectivity index (χ1n) is 8.35. The fourth-order valence-corrected chi connectivity index (χ4v) is 3.20. The first-order valence-corrected chi connectivity index (χ1v) is 8.35. The molecule has 0 fully saturated rings. The Hall–Kier alpha value is -2.49. The van der Waals surface area contributed by atoms with E-state index in [2.05, 4.69) is 13.0 Å². The van der Waals surface area contributed by atoms with Crippen LogP contribution in [0.3, 0.4) is 0 Å². The van der Waals surface area contributed by atoms with Crippen molar-refractivity contribution in [3.8, 4) is 11.5 Å². The normalized spacial score (nSPS) is 17.3. The van der Waals surface area contributed by atoms with Gasteiger partial charge in [-0.05, 0) is 43.5 Å². The first kappa shape index (κ1) is 16.4. The summed E-state index contributed by atoms with van der Waals surface area (Å²) >= 11 is 0. The lowest BCUT2D eigenvalue weighted by atomic mass is 10.1. The molecule has 0 aliphatic carbocycles. The largest absolute Gasteiger partial charge is 0.497 e. The Morgan fingerprint density at radius 2 is 1.96 bits per heavy atom. The number of rotatable bonds is 5. The molecule has 126 valence electrons. The fraction of sp³-hybridized carbons (Fsp3) is 0.350. The maximum atomic E-state index is 13.1. The van der Waals surface area contributed by atoms with Gasteiger partial charge >= 0.3 is 0 Å². The maximum Gasteiger partial charge on any atom is 0.268 e. The molecule has 0 N–H and O–H groups in total. The van der Waals surface area contributed by atoms with Crippen LogP contribution >= 0.6 is 0 Å². The van der Waals surface area contributed by atoms with Gasteiger partial charge in [0.15, 0.2) is 6.10 Å². The Morgan fingerprint density at radius 3 is 2.71 bits per heavy atom. The number of hydrogen-bond acceptors (Lipinski definition) is 3. The predicted octanol–water partition coefficient (Wildman–Crippen LogP) is 3.83. The second kappa shape index (κ2) is 6.95. The Labute approximate surface area is 143 Å². The molecule has 0 saturated heterocycles. The number of ether oxygens (including phenoxy) is 2. The minimum Gasteiger partial charge on any atom is -0.497 e. The van der Waals surface area contributed by atoms with E-state index in [1.165, 1.54) is 5.56 Å². The van der Waals surface area contributed by atoms with Crippen molar-refractivity contribution in [3.05, 3.63) is 54.1 Å². The van der Waals surface area contributed by atoms with E-state index in [1.807, 2.05) is 48.2 Å². The Kier molecular flexibility index (Phi) is 4.74. The summed E-state index contributed by atoms with van der Waals surface area (Å²) in [5, 5.41) is 0. The number of amides is 1. The zero-order valence-corrected chi connectivity index (χ0v) is 14.4. The van der Waals surface area contributed by atoms with Crippen molar-refractivity contribution < 1.29 is 14.3 Å². The molecular formula is C20H23NO3. The number of nitrogens with zero attached hydrogens (tertiary/aromatic N) is 1. The third kappa shape index (κ3) is 3.09. The summed E-state index contributed by atoms with van der Waals surface area (Å²) in [7, 11) is 1.62. The van der Waals surface area contributed by atoms with Gasteiger partial charge in [0.1, 0.15) is 11.5 Å². The number of anilines is 1. The minimum absolute atomic E-state index is 0.0118. The monoisotopic (exact) mass is 325 g/mol. The number of fused-ring (bicyclic) bond motifs is 1. The van der Waals surface area contributed by atoms with Gasteiger partial charge in [0.2, 0.25) is 0 Å². The minimum atomic E-state index is -0.509. The predicted molar refractivity (Wildman–Crippen MR) is 94.8 cm³/mol. The van der Waals surface area contributed by atoms with E-state index in [4.69, 9.17) is 9.47 Å². The third-order valence-corrected chi connectivity index (χ3v) is 4.41. The Balaban J connectivity index is 1.82. The van der Waals surface area contributed by atoms with Gasteiger partial charge in [-0.2, -0.15) is 0 Å². The number of carbonyl (C=O) groups is 1. The van der Waals surface area contributed by atoms with Crippen LogP contribution in [0.1, 0.15) is 25.8 Å². The van der Waals surface area contributed by atoms with Crippen LogP contribution in [0.2, 0.25) is 0 Å². The molecule has 2 aromatic rings. The van der Waals surface area contributed by atoms with Crippen LogP contribution in [0.15, 0.2) is 48.5 Å². The van der Waals surface area contributed by atoms with Crippen LogP contribution in [0.25, 0.3) is 0 Å². The lowest BCUT2D eigenvalue weighted by molar-refractivity contribution is -0.125. The highest BCUT2D eigenvalue weighted by Crippen LogP contribution is 2.33. The van der Waals surface area contributed by atoms with Gasteiger partial charge in [0, 0.05) is 17.8 Å². The highest BCUT2D eigenvalue weighted by Gasteiger charge is 2.34. The molecule has 0 aromatic heterocycles. The molecule has 0 spiro atoms. The van der Waals surface area contributed by atoms with Gasteiger partial charge in [-0.1, -0.05) is 31.2 Å². The van der Waals surface area contributed by atoms with Crippen molar-refractivity contribution in [1.29, 1.82) is 0 Å². The highest BCUT2D eigenvalue weighted by molar-refractivity contribution is 5.99. The molecular weight excluding hydrogens is 302 g/mol. The number of hydrogen-bond donors (Lipinski definition) is 0. The summed E-state index contributed by atoms with van der Waals surface area (Å²) in [6, 6.07) is 15.6. The molecule has 4 heteroatoms. The number of methoxy groups -OCH3 is 1. The SMILES string of the molecule is CC[C@@H](Oc1cccc(OC)c1)C(=O)N1c2ccccc2C[C@H]1C. The summed E-state index contributed by atoms with van der Waals surface area (Å²) in [5.41, 5.74) is 2.22. The van der Waals surface area contributed by atoms with Crippen LogP contribution in [-0.2, 0) is 11.2 Å². The summed E-state index contributed by atoms with van der Waals surface area (Å²) < 4.78 is 11.2. The van der Waals surface area contributed by atoms with Crippen molar-refractivity contribution >= 4 is 11.6 Å². The molecule has 0 radical (unpaired) electrons. The topological polar surface area (TPSA) is 38.8 Å². The molecule has 1 aliphatic heterocycles. The fourth-order valence-electron chi connectivity index (χ4n) is 3.20. The molecule has 0 saturated carbocycles. The molecule has 3 rings (SSSR count). The standard InChI is InChI=1S/C20H23NO3/c1-4-19(24-17-10-7-9-16(13-17)23-3)20(22)21-14(2)12-15-8-5-6-11-18(15)21/h5-11,13-14,19H,4,12H2,1-3H3/t14-,19-/m1/s1. The van der Waals surface area contributed by atoms with Gasteiger partial charge in [-0.3, -0.25) is 4.79 Å². The molecule has 0 bridgehead atoms. The average molecular weight is 325 g/mol. The summed E-state index contributed by atoms with van der Waals surface area (Å²) in [5.74, 6) is 1.38. The Bertz CT molecular complexity index is 728. The molecule has 2 atom stereocenters. The zero-order valence-electron chi connectivity index (χ0n) is 14.4. The first-order chi connectivity index (χ1) is 11.6.